The zero-order chi connectivity index (χ0) is 18.3. The van der Waals surface area contributed by atoms with Crippen LogP contribution in [-0.4, -0.2) is 16.1 Å². The van der Waals surface area contributed by atoms with Gasteiger partial charge in [-0.15, -0.1) is 0 Å². The van der Waals surface area contributed by atoms with Gasteiger partial charge in [-0.1, -0.05) is 29.3 Å². The van der Waals surface area contributed by atoms with Crippen molar-refractivity contribution in [3.05, 3.63) is 62.8 Å². The summed E-state index contributed by atoms with van der Waals surface area (Å²) in [5.74, 6) is -0.461. The van der Waals surface area contributed by atoms with Gasteiger partial charge in [0.25, 0.3) is 5.91 Å². The molecule has 3 rings (SSSR count). The number of hydrogen-bond acceptors (Lipinski definition) is 3. The van der Waals surface area contributed by atoms with E-state index in [1.807, 2.05) is 32.0 Å². The highest BCUT2D eigenvalue weighted by molar-refractivity contribution is 7.80. The molecule has 0 unspecified atom stereocenters. The molecule has 1 saturated heterocycles. The van der Waals surface area contributed by atoms with E-state index in [1.54, 1.807) is 6.08 Å². The predicted molar refractivity (Wildman–Crippen MR) is 105 cm³/mol. The number of nitrogens with one attached hydrogen (secondary N) is 1. The summed E-state index contributed by atoms with van der Waals surface area (Å²) in [4.78, 5) is 14.2. The Balaban J connectivity index is 1.97. The minimum atomic E-state index is -0.270. The molecule has 0 saturated carbocycles. The Labute approximate surface area is 160 Å². The number of aryl methyl sites for hydroxylation is 2. The van der Waals surface area contributed by atoms with Crippen LogP contribution in [0, 0.1) is 13.8 Å². The standard InChI is InChI=1S/C18H14Cl2N2O2S/c1-9-3-4-12(5-10(9)2)22-17(24)15(21-18(22)25)8-11-6-13(19)16(23)14(20)7-11/h3-8,23H,1-2H3,(H,21,25)/b15-8+. The Hall–Kier alpha value is -2.08. The molecule has 7 heteroatoms. The second-order valence-corrected chi connectivity index (χ2v) is 6.93. The third-order valence-corrected chi connectivity index (χ3v) is 4.84. The van der Waals surface area contributed by atoms with Crippen molar-refractivity contribution in [3.8, 4) is 5.75 Å². The SMILES string of the molecule is Cc1ccc(N2C(=O)/C(=C\c3cc(Cl)c(O)c(Cl)c3)NC2=S)cc1C. The van der Waals surface area contributed by atoms with Crippen LogP contribution < -0.4 is 10.2 Å². The molecule has 2 aromatic carbocycles. The quantitative estimate of drug-likeness (QED) is 0.580. The lowest BCUT2D eigenvalue weighted by Crippen LogP contribution is -2.30. The zero-order valence-electron chi connectivity index (χ0n) is 13.4. The molecule has 1 aliphatic heterocycles. The van der Waals surface area contributed by atoms with Crippen molar-refractivity contribution < 1.29 is 9.90 Å². The molecule has 4 nitrogen and oxygen atoms in total. The van der Waals surface area contributed by atoms with E-state index in [4.69, 9.17) is 35.4 Å². The Morgan fingerprint density at radius 2 is 1.76 bits per heavy atom. The maximum absolute atomic E-state index is 12.7. The van der Waals surface area contributed by atoms with Gasteiger partial charge in [-0.2, -0.15) is 0 Å². The Bertz CT molecular complexity index is 918. The van der Waals surface area contributed by atoms with E-state index in [-0.39, 0.29) is 21.7 Å². The zero-order valence-corrected chi connectivity index (χ0v) is 15.8. The minimum absolute atomic E-state index is 0.110. The van der Waals surface area contributed by atoms with Crippen molar-refractivity contribution in [2.45, 2.75) is 13.8 Å². The van der Waals surface area contributed by atoms with Gasteiger partial charge in [-0.05, 0) is 73.1 Å². The Kier molecular flexibility index (Phi) is 4.73. The monoisotopic (exact) mass is 392 g/mol. The maximum Gasteiger partial charge on any atom is 0.281 e. The van der Waals surface area contributed by atoms with Gasteiger partial charge in [0.15, 0.2) is 10.9 Å². The topological polar surface area (TPSA) is 52.6 Å². The molecule has 1 amide bonds. The molecule has 0 radical (unpaired) electrons. The van der Waals surface area contributed by atoms with Crippen LogP contribution in [0.5, 0.6) is 5.75 Å². The van der Waals surface area contributed by atoms with E-state index in [1.165, 1.54) is 17.0 Å². The third-order valence-electron chi connectivity index (χ3n) is 3.98. The number of benzene rings is 2. The van der Waals surface area contributed by atoms with E-state index in [0.717, 1.165) is 11.1 Å². The highest BCUT2D eigenvalue weighted by atomic mass is 35.5. The lowest BCUT2D eigenvalue weighted by Gasteiger charge is -2.15. The smallest absolute Gasteiger partial charge is 0.281 e. The number of phenols is 1. The Morgan fingerprint density at radius 3 is 2.36 bits per heavy atom. The molecule has 2 N–H and O–H groups in total. The largest absolute Gasteiger partial charge is 0.505 e. The molecule has 1 fully saturated rings. The fraction of sp³-hybridized carbons (Fsp3) is 0.111. The second-order valence-electron chi connectivity index (χ2n) is 5.73. The van der Waals surface area contributed by atoms with E-state index < -0.39 is 0 Å². The predicted octanol–water partition coefficient (Wildman–Crippen LogP) is 4.58. The first-order chi connectivity index (χ1) is 11.8. The third kappa shape index (κ3) is 3.35. The maximum atomic E-state index is 12.7. The van der Waals surface area contributed by atoms with Gasteiger partial charge in [-0.25, -0.2) is 0 Å². The number of rotatable bonds is 2. The van der Waals surface area contributed by atoms with Crippen molar-refractivity contribution in [1.82, 2.24) is 5.32 Å². The summed E-state index contributed by atoms with van der Waals surface area (Å²) in [5, 5.41) is 13.1. The number of phenolic OH excluding ortho intramolecular Hbond substituents is 1. The van der Waals surface area contributed by atoms with Crippen LogP contribution in [0.3, 0.4) is 0 Å². The van der Waals surface area contributed by atoms with Gasteiger partial charge in [-0.3, -0.25) is 9.69 Å². The van der Waals surface area contributed by atoms with Crippen LogP contribution in [0.2, 0.25) is 10.0 Å². The second kappa shape index (κ2) is 6.67. The number of thiocarbonyl (C=S) groups is 1. The first-order valence-electron chi connectivity index (χ1n) is 7.40. The lowest BCUT2D eigenvalue weighted by atomic mass is 10.1. The molecule has 0 aliphatic carbocycles. The summed E-state index contributed by atoms with van der Waals surface area (Å²) in [5.41, 5.74) is 3.80. The first kappa shape index (κ1) is 17.7. The molecule has 25 heavy (non-hydrogen) atoms. The van der Waals surface area contributed by atoms with E-state index in [2.05, 4.69) is 5.32 Å². The van der Waals surface area contributed by atoms with Crippen LogP contribution >= 0.6 is 35.4 Å². The molecule has 128 valence electrons. The van der Waals surface area contributed by atoms with Crippen LogP contribution in [-0.2, 0) is 4.79 Å². The molecule has 1 aliphatic rings. The van der Waals surface area contributed by atoms with Crippen LogP contribution in [0.15, 0.2) is 36.0 Å². The molecular formula is C18H14Cl2N2O2S. The fourth-order valence-corrected chi connectivity index (χ4v) is 3.27. The van der Waals surface area contributed by atoms with E-state index in [9.17, 15) is 9.90 Å². The highest BCUT2D eigenvalue weighted by Gasteiger charge is 2.32. The van der Waals surface area contributed by atoms with Gasteiger partial charge in [0.2, 0.25) is 0 Å². The minimum Gasteiger partial charge on any atom is -0.505 e. The Morgan fingerprint density at radius 1 is 1.12 bits per heavy atom. The summed E-state index contributed by atoms with van der Waals surface area (Å²) >= 11 is 17.1. The van der Waals surface area contributed by atoms with Gasteiger partial charge >= 0.3 is 0 Å². The average molecular weight is 393 g/mol. The van der Waals surface area contributed by atoms with E-state index in [0.29, 0.717) is 22.1 Å². The van der Waals surface area contributed by atoms with Gasteiger partial charge < -0.3 is 10.4 Å². The van der Waals surface area contributed by atoms with Crippen molar-refractivity contribution in [2.75, 3.05) is 4.90 Å². The molecule has 0 bridgehead atoms. The van der Waals surface area contributed by atoms with Gasteiger partial charge in [0.1, 0.15) is 5.70 Å². The van der Waals surface area contributed by atoms with Crippen molar-refractivity contribution in [1.29, 1.82) is 0 Å². The molecule has 0 aromatic heterocycles. The normalized spacial score (nSPS) is 15.8. The number of amides is 1. The number of halogens is 2. The van der Waals surface area contributed by atoms with Crippen molar-refractivity contribution >= 4 is 58.2 Å². The molecular weight excluding hydrogens is 379 g/mol. The summed E-state index contributed by atoms with van der Waals surface area (Å²) in [7, 11) is 0. The number of carbonyl (C=O) groups excluding carboxylic acids is 1. The van der Waals surface area contributed by atoms with E-state index >= 15 is 0 Å². The van der Waals surface area contributed by atoms with Gasteiger partial charge in [0.05, 0.1) is 15.7 Å². The lowest BCUT2D eigenvalue weighted by molar-refractivity contribution is -0.113. The number of aromatic hydroxyl groups is 1. The van der Waals surface area contributed by atoms with Crippen LogP contribution in [0.25, 0.3) is 6.08 Å². The van der Waals surface area contributed by atoms with Crippen molar-refractivity contribution in [2.24, 2.45) is 0 Å². The van der Waals surface area contributed by atoms with Gasteiger partial charge in [0, 0.05) is 0 Å². The van der Waals surface area contributed by atoms with Crippen LogP contribution in [0.4, 0.5) is 5.69 Å². The van der Waals surface area contributed by atoms with Crippen molar-refractivity contribution in [3.63, 3.8) is 0 Å². The molecule has 1 heterocycles. The molecule has 0 spiro atoms. The molecule has 0 atom stereocenters. The van der Waals surface area contributed by atoms with Crippen LogP contribution in [0.1, 0.15) is 16.7 Å². The summed E-state index contributed by atoms with van der Waals surface area (Å²) in [6.45, 7) is 3.98. The first-order valence-corrected chi connectivity index (χ1v) is 8.56. The summed E-state index contributed by atoms with van der Waals surface area (Å²) in [6.07, 6.45) is 1.59. The number of anilines is 1. The summed E-state index contributed by atoms with van der Waals surface area (Å²) in [6, 6.07) is 8.75. The summed E-state index contributed by atoms with van der Waals surface area (Å²) < 4.78 is 0. The average Bonchev–Trinajstić information content (AvgIpc) is 2.82. The fourth-order valence-electron chi connectivity index (χ4n) is 2.47. The number of hydrogen-bond donors (Lipinski definition) is 2. The highest BCUT2D eigenvalue weighted by Crippen LogP contribution is 2.34. The number of nitrogens with zero attached hydrogens (tertiary/aromatic N) is 1. The number of carbonyl (C=O) groups is 1. The molecule has 2 aromatic rings.